The Hall–Kier alpha value is -3.68. The summed E-state index contributed by atoms with van der Waals surface area (Å²) in [5.41, 5.74) is 14.8. The summed E-state index contributed by atoms with van der Waals surface area (Å²) in [6.45, 7) is 14.4. The zero-order chi connectivity index (χ0) is 28.5. The van der Waals surface area contributed by atoms with E-state index in [1.54, 1.807) is 21.1 Å². The molecule has 1 heteroatoms. The van der Waals surface area contributed by atoms with Gasteiger partial charge >= 0.3 is 0 Å². The van der Waals surface area contributed by atoms with Crippen LogP contribution in [0.2, 0.25) is 0 Å². The van der Waals surface area contributed by atoms with Crippen LogP contribution in [0, 0.1) is 0 Å². The van der Waals surface area contributed by atoms with Gasteiger partial charge in [0.25, 0.3) is 0 Å². The first-order chi connectivity index (χ1) is 19.6. The Morgan fingerprint density at radius 1 is 0.439 bits per heavy atom. The van der Waals surface area contributed by atoms with Crippen molar-refractivity contribution in [3.8, 4) is 22.3 Å². The number of benzene rings is 5. The molecular weight excluding hydrogens is 509 g/mol. The number of hydrogen-bond donors (Lipinski definition) is 0. The number of hydrogen-bond acceptors (Lipinski definition) is 0. The lowest BCUT2D eigenvalue weighted by molar-refractivity contribution is 0.533. The normalized spacial score (nSPS) is 13.6. The van der Waals surface area contributed by atoms with Gasteiger partial charge in [-0.05, 0) is 94.9 Å². The van der Waals surface area contributed by atoms with E-state index in [2.05, 4.69) is 145 Å². The van der Waals surface area contributed by atoms with Crippen LogP contribution in [0.5, 0.6) is 0 Å². The van der Waals surface area contributed by atoms with Crippen molar-refractivity contribution < 1.29 is 0 Å². The fourth-order valence-corrected chi connectivity index (χ4v) is 10.9. The Labute approximate surface area is 247 Å². The van der Waals surface area contributed by atoms with Gasteiger partial charge < -0.3 is 0 Å². The van der Waals surface area contributed by atoms with Gasteiger partial charge in [-0.3, -0.25) is 0 Å². The maximum atomic E-state index is 2.48. The van der Waals surface area contributed by atoms with E-state index in [-0.39, 0.29) is 10.8 Å². The fourth-order valence-electron chi connectivity index (χ4n) is 7.41. The SMILES string of the molecule is CC(C)(C)c1cccc([Si](c2cccc3c2Cc2ccccc2-3)c2cccc3c2Cc2ccccc2-3)c1C(C)(C)C. The van der Waals surface area contributed by atoms with E-state index in [0.29, 0.717) is 0 Å². The van der Waals surface area contributed by atoms with Crippen LogP contribution in [0.4, 0.5) is 0 Å². The Morgan fingerprint density at radius 3 is 1.37 bits per heavy atom. The Morgan fingerprint density at radius 2 is 0.878 bits per heavy atom. The van der Waals surface area contributed by atoms with Crippen molar-refractivity contribution >= 4 is 24.4 Å². The molecular formula is C40H39Si. The summed E-state index contributed by atoms with van der Waals surface area (Å²) < 4.78 is 0. The van der Waals surface area contributed by atoms with Crippen molar-refractivity contribution in [2.24, 2.45) is 0 Å². The molecule has 203 valence electrons. The monoisotopic (exact) mass is 547 g/mol. The van der Waals surface area contributed by atoms with E-state index in [1.165, 1.54) is 50.1 Å². The molecule has 2 aliphatic rings. The molecule has 0 fully saturated rings. The van der Waals surface area contributed by atoms with Gasteiger partial charge in [-0.2, -0.15) is 0 Å². The van der Waals surface area contributed by atoms with Gasteiger partial charge in [-0.25, -0.2) is 0 Å². The van der Waals surface area contributed by atoms with Crippen molar-refractivity contribution in [3.05, 3.63) is 137 Å². The van der Waals surface area contributed by atoms with Crippen molar-refractivity contribution in [1.82, 2.24) is 0 Å². The van der Waals surface area contributed by atoms with E-state index in [1.807, 2.05) is 0 Å². The van der Waals surface area contributed by atoms with Gasteiger partial charge in [0.15, 0.2) is 8.80 Å². The highest BCUT2D eigenvalue weighted by Gasteiger charge is 2.36. The molecule has 0 amide bonds. The molecule has 0 heterocycles. The molecule has 5 aromatic carbocycles. The first-order valence-corrected chi connectivity index (χ1v) is 16.6. The third kappa shape index (κ3) is 4.25. The summed E-state index contributed by atoms with van der Waals surface area (Å²) in [5.74, 6) is 0. The molecule has 0 saturated heterocycles. The van der Waals surface area contributed by atoms with Crippen LogP contribution >= 0.6 is 0 Å². The molecule has 5 aromatic rings. The smallest absolute Gasteiger partial charge is 0.0621 e. The highest BCUT2D eigenvalue weighted by molar-refractivity contribution is 6.96. The van der Waals surface area contributed by atoms with Crippen LogP contribution in [0.1, 0.15) is 74.9 Å². The van der Waals surface area contributed by atoms with Crippen LogP contribution in [0.15, 0.2) is 103 Å². The van der Waals surface area contributed by atoms with Gasteiger partial charge in [-0.15, -0.1) is 0 Å². The maximum Gasteiger partial charge on any atom is 0.155 e. The molecule has 0 atom stereocenters. The minimum atomic E-state index is -1.35. The molecule has 0 unspecified atom stereocenters. The van der Waals surface area contributed by atoms with E-state index in [4.69, 9.17) is 0 Å². The quantitative estimate of drug-likeness (QED) is 0.156. The van der Waals surface area contributed by atoms with Crippen LogP contribution in [0.25, 0.3) is 22.3 Å². The lowest BCUT2D eigenvalue weighted by Crippen LogP contribution is -2.57. The van der Waals surface area contributed by atoms with Gasteiger partial charge in [0.05, 0.1) is 0 Å². The molecule has 0 saturated carbocycles. The molecule has 0 spiro atoms. The standard InChI is InChI=1S/C40H39Si/c1-39(2,3)34-20-13-23-37(38(34)40(4,5)6)41(35-21-11-18-30-28-16-9-7-14-26(28)24-32(30)35)36-22-12-19-31-29-17-10-8-15-27(29)25-33(31)36/h7-23H,24-25H2,1-6H3. The first kappa shape index (κ1) is 26.2. The molecule has 0 aliphatic heterocycles. The third-order valence-corrected chi connectivity index (χ3v) is 12.1. The lowest BCUT2D eigenvalue weighted by atomic mass is 9.75. The molecule has 0 bridgehead atoms. The van der Waals surface area contributed by atoms with Crippen molar-refractivity contribution in [3.63, 3.8) is 0 Å². The molecule has 0 aromatic heterocycles. The molecule has 41 heavy (non-hydrogen) atoms. The van der Waals surface area contributed by atoms with Gasteiger partial charge in [0, 0.05) is 0 Å². The predicted octanol–water partition coefficient (Wildman–Crippen LogP) is 7.94. The highest BCUT2D eigenvalue weighted by Crippen LogP contribution is 2.39. The van der Waals surface area contributed by atoms with Crippen molar-refractivity contribution in [2.45, 2.75) is 65.2 Å². The van der Waals surface area contributed by atoms with E-state index < -0.39 is 8.80 Å². The van der Waals surface area contributed by atoms with Crippen LogP contribution in [0.3, 0.4) is 0 Å². The number of rotatable bonds is 3. The summed E-state index contributed by atoms with van der Waals surface area (Å²) in [5, 5.41) is 4.68. The zero-order valence-corrected chi connectivity index (χ0v) is 26.2. The largest absolute Gasteiger partial charge is 0.155 e. The molecule has 2 aliphatic carbocycles. The highest BCUT2D eigenvalue weighted by atomic mass is 28.3. The second-order valence-electron chi connectivity index (χ2n) is 13.9. The Kier molecular flexibility index (Phi) is 6.03. The Bertz CT molecular complexity index is 1710. The summed E-state index contributed by atoms with van der Waals surface area (Å²) >= 11 is 0. The third-order valence-electron chi connectivity index (χ3n) is 9.13. The van der Waals surface area contributed by atoms with Crippen LogP contribution in [-0.4, -0.2) is 8.80 Å². The minimum absolute atomic E-state index is 0.0248. The zero-order valence-electron chi connectivity index (χ0n) is 25.2. The molecule has 7 rings (SSSR count). The van der Waals surface area contributed by atoms with E-state index in [0.717, 1.165) is 12.8 Å². The Balaban J connectivity index is 1.55. The topological polar surface area (TPSA) is 0 Å². The fraction of sp³-hybridized carbons (Fsp3) is 0.250. The van der Waals surface area contributed by atoms with Gasteiger partial charge in [0.2, 0.25) is 0 Å². The molecule has 1 radical (unpaired) electrons. The predicted molar refractivity (Wildman–Crippen MR) is 178 cm³/mol. The molecule has 0 nitrogen and oxygen atoms in total. The van der Waals surface area contributed by atoms with Crippen molar-refractivity contribution in [2.75, 3.05) is 0 Å². The lowest BCUT2D eigenvalue weighted by Gasteiger charge is -2.35. The van der Waals surface area contributed by atoms with Gasteiger partial charge in [-0.1, -0.05) is 145 Å². The average molecular weight is 548 g/mol. The summed E-state index contributed by atoms with van der Waals surface area (Å²) in [4.78, 5) is 0. The van der Waals surface area contributed by atoms with Gasteiger partial charge in [0.1, 0.15) is 0 Å². The summed E-state index contributed by atoms with van der Waals surface area (Å²) in [6, 6.07) is 39.5. The van der Waals surface area contributed by atoms with E-state index in [9.17, 15) is 0 Å². The second kappa shape index (κ2) is 9.43. The van der Waals surface area contributed by atoms with Crippen LogP contribution in [-0.2, 0) is 23.7 Å². The maximum absolute atomic E-state index is 2.48. The summed E-state index contributed by atoms with van der Waals surface area (Å²) in [7, 11) is -1.35. The van der Waals surface area contributed by atoms with Crippen molar-refractivity contribution in [1.29, 1.82) is 0 Å². The second-order valence-corrected chi connectivity index (χ2v) is 16.3. The minimum Gasteiger partial charge on any atom is -0.0621 e. The average Bonchev–Trinajstić information content (AvgIpc) is 3.52. The first-order valence-electron chi connectivity index (χ1n) is 15.1. The van der Waals surface area contributed by atoms with E-state index >= 15 is 0 Å². The molecule has 0 N–H and O–H groups in total. The van der Waals surface area contributed by atoms with Crippen LogP contribution < -0.4 is 15.6 Å². The number of fused-ring (bicyclic) bond motifs is 6. The summed E-state index contributed by atoms with van der Waals surface area (Å²) in [6.07, 6.45) is 2.05.